The minimum absolute atomic E-state index is 0. The zero-order valence-corrected chi connectivity index (χ0v) is 15.2. The highest BCUT2D eigenvalue weighted by atomic mass is 35.5. The first-order chi connectivity index (χ1) is 12.7. The molecule has 27 heavy (non-hydrogen) atoms. The zero-order valence-electron chi connectivity index (χ0n) is 14.4. The van der Waals surface area contributed by atoms with Crippen molar-refractivity contribution in [2.75, 3.05) is 0 Å². The average molecular weight is 388 g/mol. The van der Waals surface area contributed by atoms with E-state index in [4.69, 9.17) is 10.5 Å². The van der Waals surface area contributed by atoms with E-state index in [2.05, 4.69) is 10.3 Å². The molecule has 2 aromatic carbocycles. The summed E-state index contributed by atoms with van der Waals surface area (Å²) in [6, 6.07) is 16.5. The smallest absolute Gasteiger partial charge is 0.257 e. The maximum Gasteiger partial charge on any atom is 0.257 e. The molecule has 0 atom stereocenters. The van der Waals surface area contributed by atoms with Crippen LogP contribution in [0.15, 0.2) is 66.9 Å². The van der Waals surface area contributed by atoms with Crippen LogP contribution in [-0.4, -0.2) is 10.9 Å². The third kappa shape index (κ3) is 5.51. The second-order valence-electron chi connectivity index (χ2n) is 5.62. The SMILES string of the molecule is Cl.NCc1ccc(CNC(=O)c2cccnc2Oc2ccc(F)cc2)cc1. The van der Waals surface area contributed by atoms with E-state index in [0.717, 1.165) is 11.1 Å². The van der Waals surface area contributed by atoms with Crippen molar-refractivity contribution in [2.24, 2.45) is 5.73 Å². The second kappa shape index (κ2) is 9.66. The quantitative estimate of drug-likeness (QED) is 0.674. The Bertz CT molecular complexity index is 886. The number of amides is 1. The van der Waals surface area contributed by atoms with Gasteiger partial charge in [0.25, 0.3) is 5.91 Å². The molecule has 0 aliphatic carbocycles. The van der Waals surface area contributed by atoms with E-state index < -0.39 is 0 Å². The summed E-state index contributed by atoms with van der Waals surface area (Å²) in [5.74, 6) is -0.110. The van der Waals surface area contributed by atoms with Crippen LogP contribution in [0.4, 0.5) is 4.39 Å². The van der Waals surface area contributed by atoms with Crippen LogP contribution in [0.25, 0.3) is 0 Å². The van der Waals surface area contributed by atoms with Gasteiger partial charge >= 0.3 is 0 Å². The fraction of sp³-hybridized carbons (Fsp3) is 0.100. The van der Waals surface area contributed by atoms with Crippen molar-refractivity contribution in [1.82, 2.24) is 10.3 Å². The molecule has 0 saturated heterocycles. The summed E-state index contributed by atoms with van der Waals surface area (Å²) >= 11 is 0. The lowest BCUT2D eigenvalue weighted by Gasteiger charge is -2.10. The van der Waals surface area contributed by atoms with E-state index in [-0.39, 0.29) is 30.0 Å². The zero-order chi connectivity index (χ0) is 18.4. The summed E-state index contributed by atoms with van der Waals surface area (Å²) in [5.41, 5.74) is 7.86. The Kier molecular flexibility index (Phi) is 7.28. The summed E-state index contributed by atoms with van der Waals surface area (Å²) in [4.78, 5) is 16.6. The van der Waals surface area contributed by atoms with Crippen molar-refractivity contribution in [3.8, 4) is 11.6 Å². The van der Waals surface area contributed by atoms with Gasteiger partial charge in [-0.05, 0) is 47.5 Å². The maximum absolute atomic E-state index is 13.0. The predicted octanol–water partition coefficient (Wildman–Crippen LogP) is 3.82. The Labute approximate surface area is 162 Å². The average Bonchev–Trinajstić information content (AvgIpc) is 2.68. The molecule has 0 bridgehead atoms. The maximum atomic E-state index is 13.0. The number of benzene rings is 2. The molecule has 1 heterocycles. The van der Waals surface area contributed by atoms with Crippen molar-refractivity contribution < 1.29 is 13.9 Å². The number of rotatable bonds is 6. The predicted molar refractivity (Wildman–Crippen MR) is 103 cm³/mol. The fourth-order valence-electron chi connectivity index (χ4n) is 2.33. The minimum Gasteiger partial charge on any atom is -0.438 e. The largest absolute Gasteiger partial charge is 0.438 e. The number of nitrogens with zero attached hydrogens (tertiary/aromatic N) is 1. The van der Waals surface area contributed by atoms with Crippen LogP contribution in [0, 0.1) is 5.82 Å². The Morgan fingerprint density at radius 3 is 2.37 bits per heavy atom. The molecular formula is C20H19ClFN3O2. The van der Waals surface area contributed by atoms with Crippen molar-refractivity contribution in [2.45, 2.75) is 13.1 Å². The molecule has 0 aliphatic rings. The highest BCUT2D eigenvalue weighted by Gasteiger charge is 2.14. The van der Waals surface area contributed by atoms with Gasteiger partial charge in [-0.1, -0.05) is 24.3 Å². The van der Waals surface area contributed by atoms with Crippen molar-refractivity contribution in [3.63, 3.8) is 0 Å². The molecule has 3 rings (SSSR count). The number of nitrogens with one attached hydrogen (secondary N) is 1. The van der Waals surface area contributed by atoms with Gasteiger partial charge in [-0.2, -0.15) is 0 Å². The normalized spacial score (nSPS) is 10.0. The Morgan fingerprint density at radius 1 is 1.04 bits per heavy atom. The molecular weight excluding hydrogens is 369 g/mol. The van der Waals surface area contributed by atoms with Gasteiger partial charge in [0, 0.05) is 19.3 Å². The summed E-state index contributed by atoms with van der Waals surface area (Å²) in [7, 11) is 0. The van der Waals surface area contributed by atoms with E-state index in [0.29, 0.717) is 24.4 Å². The van der Waals surface area contributed by atoms with Gasteiger partial charge in [-0.15, -0.1) is 12.4 Å². The van der Waals surface area contributed by atoms with Crippen LogP contribution in [0.5, 0.6) is 11.6 Å². The number of hydrogen-bond acceptors (Lipinski definition) is 4. The number of aromatic nitrogens is 1. The molecule has 0 unspecified atom stereocenters. The monoisotopic (exact) mass is 387 g/mol. The second-order valence-corrected chi connectivity index (χ2v) is 5.62. The highest BCUT2D eigenvalue weighted by Crippen LogP contribution is 2.23. The number of halogens is 2. The first-order valence-corrected chi connectivity index (χ1v) is 8.10. The van der Waals surface area contributed by atoms with Crippen LogP contribution in [0.3, 0.4) is 0 Å². The number of carbonyl (C=O) groups excluding carboxylic acids is 1. The molecule has 5 nitrogen and oxygen atoms in total. The standard InChI is InChI=1S/C20H18FN3O2.ClH/c21-16-7-9-17(10-8-16)26-20-18(2-1-11-23-20)19(25)24-13-15-5-3-14(12-22)4-6-15;/h1-11H,12-13,22H2,(H,24,25);1H. The third-order valence-corrected chi connectivity index (χ3v) is 3.76. The first kappa shape index (κ1) is 20.4. The van der Waals surface area contributed by atoms with Crippen LogP contribution >= 0.6 is 12.4 Å². The van der Waals surface area contributed by atoms with Crippen LogP contribution < -0.4 is 15.8 Å². The molecule has 3 N–H and O–H groups in total. The van der Waals surface area contributed by atoms with Gasteiger partial charge in [0.1, 0.15) is 17.1 Å². The van der Waals surface area contributed by atoms with E-state index in [1.54, 1.807) is 12.1 Å². The van der Waals surface area contributed by atoms with Crippen molar-refractivity contribution in [1.29, 1.82) is 0 Å². The molecule has 0 radical (unpaired) electrons. The molecule has 0 spiro atoms. The third-order valence-electron chi connectivity index (χ3n) is 3.76. The van der Waals surface area contributed by atoms with Gasteiger partial charge in [0.2, 0.25) is 5.88 Å². The van der Waals surface area contributed by atoms with Crippen molar-refractivity contribution >= 4 is 18.3 Å². The van der Waals surface area contributed by atoms with E-state index in [1.165, 1.54) is 30.5 Å². The lowest BCUT2D eigenvalue weighted by molar-refractivity contribution is 0.0948. The van der Waals surface area contributed by atoms with E-state index in [9.17, 15) is 9.18 Å². The Balaban J connectivity index is 0.00000261. The van der Waals surface area contributed by atoms with Gasteiger partial charge in [-0.3, -0.25) is 4.79 Å². The topological polar surface area (TPSA) is 77.2 Å². The van der Waals surface area contributed by atoms with Gasteiger partial charge in [0.05, 0.1) is 0 Å². The van der Waals surface area contributed by atoms with E-state index >= 15 is 0 Å². The van der Waals surface area contributed by atoms with Crippen LogP contribution in [0.2, 0.25) is 0 Å². The van der Waals surface area contributed by atoms with Crippen molar-refractivity contribution in [3.05, 3.63) is 89.4 Å². The summed E-state index contributed by atoms with van der Waals surface area (Å²) < 4.78 is 18.6. The van der Waals surface area contributed by atoms with Crippen LogP contribution in [0.1, 0.15) is 21.5 Å². The summed E-state index contributed by atoms with van der Waals surface area (Å²) in [6.45, 7) is 0.848. The summed E-state index contributed by atoms with van der Waals surface area (Å²) in [5, 5.41) is 2.84. The van der Waals surface area contributed by atoms with E-state index in [1.807, 2.05) is 24.3 Å². The number of nitrogens with two attached hydrogens (primary N) is 1. The van der Waals surface area contributed by atoms with Gasteiger partial charge in [0.15, 0.2) is 0 Å². The van der Waals surface area contributed by atoms with Crippen LogP contribution in [-0.2, 0) is 13.1 Å². The lowest BCUT2D eigenvalue weighted by atomic mass is 10.1. The molecule has 1 aromatic heterocycles. The molecule has 1 amide bonds. The molecule has 7 heteroatoms. The molecule has 3 aromatic rings. The number of pyridine rings is 1. The summed E-state index contributed by atoms with van der Waals surface area (Å²) in [6.07, 6.45) is 1.53. The van der Waals surface area contributed by atoms with Gasteiger partial charge in [-0.25, -0.2) is 9.37 Å². The number of carbonyl (C=O) groups is 1. The molecule has 0 fully saturated rings. The Morgan fingerprint density at radius 2 is 1.70 bits per heavy atom. The molecule has 0 saturated carbocycles. The first-order valence-electron chi connectivity index (χ1n) is 8.10. The minimum atomic E-state index is -0.364. The fourth-order valence-corrected chi connectivity index (χ4v) is 2.33. The highest BCUT2D eigenvalue weighted by molar-refractivity contribution is 5.96. The molecule has 0 aliphatic heterocycles. The number of hydrogen-bond donors (Lipinski definition) is 2. The Hall–Kier alpha value is -2.96. The van der Waals surface area contributed by atoms with Gasteiger partial charge < -0.3 is 15.8 Å². The lowest BCUT2D eigenvalue weighted by Crippen LogP contribution is -2.23. The number of ether oxygens (including phenoxy) is 1. The molecule has 140 valence electrons.